The van der Waals surface area contributed by atoms with E-state index < -0.39 is 12.1 Å². The van der Waals surface area contributed by atoms with E-state index in [1.54, 1.807) is 0 Å². The first-order valence-electron chi connectivity index (χ1n) is 7.32. The maximum atomic E-state index is 11.8. The Kier molecular flexibility index (Phi) is 2.33. The van der Waals surface area contributed by atoms with Crippen molar-refractivity contribution in [3.8, 4) is 0 Å². The second kappa shape index (κ2) is 3.64. The van der Waals surface area contributed by atoms with Gasteiger partial charge in [-0.25, -0.2) is 4.79 Å². The van der Waals surface area contributed by atoms with E-state index in [1.807, 2.05) is 0 Å². The molecule has 2 aliphatic carbocycles. The van der Waals surface area contributed by atoms with Crippen LogP contribution < -0.4 is 0 Å². The third-order valence-electron chi connectivity index (χ3n) is 6.21. The van der Waals surface area contributed by atoms with Gasteiger partial charge in [-0.15, -0.1) is 0 Å². The number of esters is 1. The Bertz CT molecular complexity index is 526. The molecular weight excluding hydrogens is 260 g/mol. The molecule has 0 bridgehead atoms. The van der Waals surface area contributed by atoms with Crippen molar-refractivity contribution in [1.82, 2.24) is 0 Å². The van der Waals surface area contributed by atoms with Crippen LogP contribution in [0.2, 0.25) is 0 Å². The number of rotatable bonds is 1. The van der Waals surface area contributed by atoms with Crippen LogP contribution in [0.4, 0.5) is 0 Å². The third-order valence-corrected chi connectivity index (χ3v) is 6.21. The molecule has 5 nitrogen and oxygen atoms in total. The zero-order valence-electron chi connectivity index (χ0n) is 11.8. The zero-order valence-corrected chi connectivity index (χ0v) is 11.8. The number of hydrogen-bond acceptors (Lipinski definition) is 5. The van der Waals surface area contributed by atoms with Gasteiger partial charge in [-0.1, -0.05) is 13.8 Å². The van der Waals surface area contributed by atoms with E-state index in [-0.39, 0.29) is 29.8 Å². The number of epoxide rings is 1. The van der Waals surface area contributed by atoms with Gasteiger partial charge in [0.15, 0.2) is 0 Å². The number of carbonyl (C=O) groups excluding carboxylic acids is 1. The lowest BCUT2D eigenvalue weighted by Crippen LogP contribution is -2.54. The van der Waals surface area contributed by atoms with Gasteiger partial charge in [0, 0.05) is 11.8 Å². The second-order valence-electron chi connectivity index (χ2n) is 6.99. The van der Waals surface area contributed by atoms with Crippen molar-refractivity contribution in [1.29, 1.82) is 0 Å². The molecule has 5 heteroatoms. The van der Waals surface area contributed by atoms with Crippen molar-refractivity contribution in [2.45, 2.75) is 57.0 Å². The average Bonchev–Trinajstić information content (AvgIpc) is 3.03. The van der Waals surface area contributed by atoms with Crippen molar-refractivity contribution in [2.24, 2.45) is 11.3 Å². The summed E-state index contributed by atoms with van der Waals surface area (Å²) in [4.78, 5) is 11.8. The van der Waals surface area contributed by atoms with Gasteiger partial charge in [-0.3, -0.25) is 0 Å². The molecule has 20 heavy (non-hydrogen) atoms. The number of aliphatic hydroxyl groups excluding tert-OH is 2. The number of hydrogen-bond donors (Lipinski definition) is 2. The van der Waals surface area contributed by atoms with Gasteiger partial charge in [-0.05, 0) is 24.3 Å². The summed E-state index contributed by atoms with van der Waals surface area (Å²) in [6.45, 7) is 4.07. The van der Waals surface area contributed by atoms with Crippen LogP contribution in [-0.2, 0) is 14.3 Å². The van der Waals surface area contributed by atoms with Crippen molar-refractivity contribution in [3.63, 3.8) is 0 Å². The fourth-order valence-corrected chi connectivity index (χ4v) is 4.75. The molecule has 110 valence electrons. The molecular formula is C15H20O5. The number of fused-ring (bicyclic) bond motifs is 1. The summed E-state index contributed by atoms with van der Waals surface area (Å²) >= 11 is 0. The average molecular weight is 280 g/mol. The van der Waals surface area contributed by atoms with E-state index in [2.05, 4.69) is 13.8 Å². The summed E-state index contributed by atoms with van der Waals surface area (Å²) in [6, 6.07) is 0. The fraction of sp³-hybridized carbons (Fsp3) is 0.800. The summed E-state index contributed by atoms with van der Waals surface area (Å²) in [6.07, 6.45) is 1.23. The quantitative estimate of drug-likeness (QED) is 0.541. The topological polar surface area (TPSA) is 79.3 Å². The summed E-state index contributed by atoms with van der Waals surface area (Å²) in [7, 11) is 0. The first-order chi connectivity index (χ1) is 9.43. The summed E-state index contributed by atoms with van der Waals surface area (Å²) in [5.41, 5.74) is 0.922. The summed E-state index contributed by atoms with van der Waals surface area (Å²) < 4.78 is 11.3. The Morgan fingerprint density at radius 3 is 2.90 bits per heavy atom. The largest absolute Gasteiger partial charge is 0.454 e. The molecule has 4 aliphatic rings. The first kappa shape index (κ1) is 12.8. The fourth-order valence-electron chi connectivity index (χ4n) is 4.75. The Hall–Kier alpha value is -0.910. The highest BCUT2D eigenvalue weighted by Gasteiger charge is 2.76. The van der Waals surface area contributed by atoms with E-state index in [9.17, 15) is 15.0 Å². The van der Waals surface area contributed by atoms with Gasteiger partial charge < -0.3 is 19.7 Å². The normalized spacial score (nSPS) is 53.1. The Morgan fingerprint density at radius 2 is 2.20 bits per heavy atom. The minimum absolute atomic E-state index is 0.100. The highest BCUT2D eigenvalue weighted by atomic mass is 16.6. The highest BCUT2D eigenvalue weighted by molar-refractivity contribution is 5.92. The Balaban J connectivity index is 1.77. The van der Waals surface area contributed by atoms with Crippen LogP contribution in [0.1, 0.15) is 33.1 Å². The molecule has 1 spiro atoms. The lowest BCUT2D eigenvalue weighted by molar-refractivity contribution is -0.142. The van der Waals surface area contributed by atoms with Crippen LogP contribution in [-0.4, -0.2) is 46.7 Å². The number of aliphatic hydroxyl groups is 2. The highest BCUT2D eigenvalue weighted by Crippen LogP contribution is 2.68. The molecule has 0 unspecified atom stereocenters. The summed E-state index contributed by atoms with van der Waals surface area (Å²) in [5.74, 6) is -0.0862. The van der Waals surface area contributed by atoms with Gasteiger partial charge in [0.1, 0.15) is 17.8 Å². The maximum Gasteiger partial charge on any atom is 0.337 e. The van der Waals surface area contributed by atoms with Gasteiger partial charge in [0.05, 0.1) is 18.3 Å². The van der Waals surface area contributed by atoms with Crippen LogP contribution in [0, 0.1) is 11.3 Å². The van der Waals surface area contributed by atoms with E-state index in [1.165, 1.54) is 0 Å². The van der Waals surface area contributed by atoms with Crippen molar-refractivity contribution in [3.05, 3.63) is 11.1 Å². The van der Waals surface area contributed by atoms with Gasteiger partial charge in [0.2, 0.25) is 0 Å². The minimum Gasteiger partial charge on any atom is -0.454 e. The molecule has 2 N–H and O–H groups in total. The number of carbonyl (C=O) groups is 1. The molecule has 1 saturated heterocycles. The van der Waals surface area contributed by atoms with Gasteiger partial charge in [-0.2, -0.15) is 0 Å². The van der Waals surface area contributed by atoms with Crippen LogP contribution >= 0.6 is 0 Å². The van der Waals surface area contributed by atoms with Crippen LogP contribution in [0.3, 0.4) is 0 Å². The van der Waals surface area contributed by atoms with E-state index in [4.69, 9.17) is 9.47 Å². The van der Waals surface area contributed by atoms with Gasteiger partial charge in [0.25, 0.3) is 0 Å². The molecule has 2 aliphatic heterocycles. The van der Waals surface area contributed by atoms with Crippen molar-refractivity contribution >= 4 is 5.97 Å². The second-order valence-corrected chi connectivity index (χ2v) is 6.99. The monoisotopic (exact) mass is 280 g/mol. The third kappa shape index (κ3) is 1.27. The molecule has 0 aromatic rings. The Morgan fingerprint density at radius 1 is 1.45 bits per heavy atom. The molecule has 2 saturated carbocycles. The van der Waals surface area contributed by atoms with Crippen molar-refractivity contribution < 1.29 is 24.5 Å². The smallest absolute Gasteiger partial charge is 0.337 e. The molecule has 0 aromatic carbocycles. The molecule has 0 amide bonds. The van der Waals surface area contributed by atoms with Gasteiger partial charge >= 0.3 is 5.97 Å². The van der Waals surface area contributed by atoms with Crippen LogP contribution in [0.5, 0.6) is 0 Å². The van der Waals surface area contributed by atoms with Crippen molar-refractivity contribution in [2.75, 3.05) is 6.61 Å². The molecule has 6 atom stereocenters. The number of ether oxygens (including phenoxy) is 2. The van der Waals surface area contributed by atoms with E-state index in [0.717, 1.165) is 12.0 Å². The van der Waals surface area contributed by atoms with Crippen LogP contribution in [0.15, 0.2) is 11.1 Å². The van der Waals surface area contributed by atoms with Crippen LogP contribution in [0.25, 0.3) is 0 Å². The SMILES string of the molecule is C[C@H]1C[C@@H](O)[C@@H]2O[C@@]23C[C@H]2OC(=O)C(CO)=C2C[C@]13C. The molecule has 2 heterocycles. The first-order valence-corrected chi connectivity index (χ1v) is 7.32. The maximum absolute atomic E-state index is 11.8. The standard InChI is InChI=1S/C15H20O5/c1-7-3-10(17)12-15(20-12)5-11-8(4-14(7,15)2)9(6-16)13(18)19-11/h7,10-12,16-17H,3-6H2,1-2H3/t7-,10+,11+,12-,14+,15-/m0/s1. The molecule has 4 rings (SSSR count). The van der Waals surface area contributed by atoms with E-state index >= 15 is 0 Å². The minimum atomic E-state index is -0.418. The Labute approximate surface area is 117 Å². The zero-order chi connectivity index (χ0) is 14.3. The predicted molar refractivity (Wildman–Crippen MR) is 68.7 cm³/mol. The molecule has 0 radical (unpaired) electrons. The van der Waals surface area contributed by atoms with E-state index in [0.29, 0.717) is 24.3 Å². The summed E-state index contributed by atoms with van der Waals surface area (Å²) in [5, 5.41) is 19.6. The molecule has 3 fully saturated rings. The lowest BCUT2D eigenvalue weighted by atomic mass is 9.53. The lowest BCUT2D eigenvalue weighted by Gasteiger charge is -2.49. The molecule has 0 aromatic heterocycles. The predicted octanol–water partition coefficient (Wildman–Crippen LogP) is 0.539.